The third kappa shape index (κ3) is 3.71. The first-order valence-electron chi connectivity index (χ1n) is 7.10. The molecule has 0 spiro atoms. The van der Waals surface area contributed by atoms with Crippen molar-refractivity contribution in [1.29, 1.82) is 0 Å². The van der Waals surface area contributed by atoms with E-state index in [1.807, 2.05) is 0 Å². The van der Waals surface area contributed by atoms with Gasteiger partial charge < -0.3 is 10.6 Å². The quantitative estimate of drug-likeness (QED) is 0.898. The van der Waals surface area contributed by atoms with Crippen molar-refractivity contribution in [3.63, 3.8) is 0 Å². The first-order chi connectivity index (χ1) is 9.61. The van der Waals surface area contributed by atoms with Gasteiger partial charge in [-0.3, -0.25) is 4.79 Å². The molecule has 116 valence electrons. The molecule has 1 amide bonds. The predicted octanol–water partition coefficient (Wildman–Crippen LogP) is 2.33. The Morgan fingerprint density at radius 3 is 2.57 bits per heavy atom. The van der Waals surface area contributed by atoms with Gasteiger partial charge in [0.2, 0.25) is 5.91 Å². The lowest BCUT2D eigenvalue weighted by Crippen LogP contribution is -2.48. The fourth-order valence-corrected chi connectivity index (χ4v) is 3.31. The smallest absolute Gasteiger partial charge is 0.224 e. The summed E-state index contributed by atoms with van der Waals surface area (Å²) >= 11 is 0. The molecule has 2 aliphatic rings. The van der Waals surface area contributed by atoms with Crippen LogP contribution in [0.15, 0.2) is 18.2 Å². The van der Waals surface area contributed by atoms with Gasteiger partial charge in [-0.25, -0.2) is 8.78 Å². The van der Waals surface area contributed by atoms with Crippen LogP contribution >= 0.6 is 12.4 Å². The van der Waals surface area contributed by atoms with Crippen LogP contribution in [0, 0.1) is 11.6 Å². The zero-order valence-corrected chi connectivity index (χ0v) is 12.4. The second-order valence-electron chi connectivity index (χ2n) is 5.76. The Kier molecular flexibility index (Phi) is 5.17. The summed E-state index contributed by atoms with van der Waals surface area (Å²) in [6.45, 7) is 0. The third-order valence-corrected chi connectivity index (χ3v) is 4.22. The number of carbonyl (C=O) groups excluding carboxylic acids is 1. The fourth-order valence-electron chi connectivity index (χ4n) is 3.31. The summed E-state index contributed by atoms with van der Waals surface area (Å²) in [6, 6.07) is 5.06. The SMILES string of the molecule is Cl.O=C(Cc1cccc(F)c1F)NC1CC2CCC(C1)N2. The van der Waals surface area contributed by atoms with E-state index in [2.05, 4.69) is 10.6 Å². The van der Waals surface area contributed by atoms with E-state index in [4.69, 9.17) is 0 Å². The average molecular weight is 317 g/mol. The van der Waals surface area contributed by atoms with E-state index in [0.29, 0.717) is 12.1 Å². The minimum Gasteiger partial charge on any atom is -0.353 e. The zero-order chi connectivity index (χ0) is 14.1. The summed E-state index contributed by atoms with van der Waals surface area (Å²) in [6.07, 6.45) is 4.07. The van der Waals surface area contributed by atoms with Crippen molar-refractivity contribution in [2.45, 2.75) is 50.2 Å². The van der Waals surface area contributed by atoms with Crippen molar-refractivity contribution in [2.75, 3.05) is 0 Å². The van der Waals surface area contributed by atoms with Crippen LogP contribution in [0.25, 0.3) is 0 Å². The molecule has 0 radical (unpaired) electrons. The predicted molar refractivity (Wildman–Crippen MR) is 78.4 cm³/mol. The molecule has 2 N–H and O–H groups in total. The van der Waals surface area contributed by atoms with Crippen molar-refractivity contribution in [1.82, 2.24) is 10.6 Å². The topological polar surface area (TPSA) is 41.1 Å². The van der Waals surface area contributed by atoms with E-state index in [0.717, 1.165) is 31.7 Å². The number of fused-ring (bicyclic) bond motifs is 2. The Hall–Kier alpha value is -1.20. The molecule has 3 rings (SSSR count). The number of carbonyl (C=O) groups is 1. The summed E-state index contributed by atoms with van der Waals surface area (Å²) in [5, 5.41) is 6.45. The Bertz CT molecular complexity index is 514. The minimum atomic E-state index is -0.923. The van der Waals surface area contributed by atoms with Gasteiger partial charge in [-0.1, -0.05) is 12.1 Å². The molecule has 2 aliphatic heterocycles. The number of rotatable bonds is 3. The van der Waals surface area contributed by atoms with Gasteiger partial charge in [0.15, 0.2) is 11.6 Å². The van der Waals surface area contributed by atoms with Crippen molar-refractivity contribution in [3.05, 3.63) is 35.4 Å². The normalized spacial score (nSPS) is 27.0. The van der Waals surface area contributed by atoms with E-state index < -0.39 is 11.6 Å². The summed E-state index contributed by atoms with van der Waals surface area (Å²) in [7, 11) is 0. The molecule has 1 aromatic carbocycles. The van der Waals surface area contributed by atoms with Gasteiger partial charge in [0, 0.05) is 23.7 Å². The third-order valence-electron chi connectivity index (χ3n) is 4.22. The van der Waals surface area contributed by atoms with Crippen LogP contribution in [0.3, 0.4) is 0 Å². The maximum absolute atomic E-state index is 13.5. The van der Waals surface area contributed by atoms with Crippen molar-refractivity contribution >= 4 is 18.3 Å². The molecule has 2 unspecified atom stereocenters. The summed E-state index contributed by atoms with van der Waals surface area (Å²) in [5.74, 6) is -2.07. The molecule has 3 nitrogen and oxygen atoms in total. The zero-order valence-electron chi connectivity index (χ0n) is 11.6. The molecular formula is C15H19ClF2N2O. The number of benzene rings is 1. The Labute approximate surface area is 128 Å². The summed E-state index contributed by atoms with van der Waals surface area (Å²) < 4.78 is 26.6. The number of hydrogen-bond donors (Lipinski definition) is 2. The van der Waals surface area contributed by atoms with Crippen molar-refractivity contribution in [3.8, 4) is 0 Å². The largest absolute Gasteiger partial charge is 0.353 e. The highest BCUT2D eigenvalue weighted by Gasteiger charge is 2.33. The second kappa shape index (κ2) is 6.71. The second-order valence-corrected chi connectivity index (χ2v) is 5.76. The molecule has 2 saturated heterocycles. The highest BCUT2D eigenvalue weighted by Crippen LogP contribution is 2.26. The van der Waals surface area contributed by atoms with Crippen molar-refractivity contribution in [2.24, 2.45) is 0 Å². The summed E-state index contributed by atoms with van der Waals surface area (Å²) in [4.78, 5) is 12.0. The number of amides is 1. The van der Waals surface area contributed by atoms with Gasteiger partial charge in [-0.05, 0) is 31.7 Å². The van der Waals surface area contributed by atoms with Crippen LogP contribution in [0.5, 0.6) is 0 Å². The number of halogens is 3. The van der Waals surface area contributed by atoms with Gasteiger partial charge in [-0.2, -0.15) is 0 Å². The molecule has 6 heteroatoms. The van der Waals surface area contributed by atoms with E-state index >= 15 is 0 Å². The molecule has 2 bridgehead atoms. The standard InChI is InChI=1S/C15H18F2N2O.ClH/c16-13-3-1-2-9(15(13)17)6-14(20)19-12-7-10-4-5-11(8-12)18-10;/h1-3,10-12,18H,4-8H2,(H,19,20);1H. The van der Waals surface area contributed by atoms with Crippen LogP contribution in [-0.2, 0) is 11.2 Å². The monoisotopic (exact) mass is 316 g/mol. The van der Waals surface area contributed by atoms with E-state index in [9.17, 15) is 13.6 Å². The van der Waals surface area contributed by atoms with Gasteiger partial charge in [0.05, 0.1) is 6.42 Å². The average Bonchev–Trinajstić information content (AvgIpc) is 2.74. The first kappa shape index (κ1) is 16.2. The van der Waals surface area contributed by atoms with Crippen LogP contribution in [0.2, 0.25) is 0 Å². The molecule has 2 fully saturated rings. The van der Waals surface area contributed by atoms with Crippen LogP contribution < -0.4 is 10.6 Å². The highest BCUT2D eigenvalue weighted by molar-refractivity contribution is 5.85. The number of nitrogens with one attached hydrogen (secondary N) is 2. The van der Waals surface area contributed by atoms with Gasteiger partial charge in [-0.15, -0.1) is 12.4 Å². The van der Waals surface area contributed by atoms with Crippen LogP contribution in [0.4, 0.5) is 8.78 Å². The van der Waals surface area contributed by atoms with Gasteiger partial charge in [0.25, 0.3) is 0 Å². The lowest BCUT2D eigenvalue weighted by molar-refractivity contribution is -0.121. The van der Waals surface area contributed by atoms with Crippen LogP contribution in [-0.4, -0.2) is 24.0 Å². The maximum Gasteiger partial charge on any atom is 0.224 e. The molecular weight excluding hydrogens is 298 g/mol. The minimum absolute atomic E-state index is 0. The number of hydrogen-bond acceptors (Lipinski definition) is 2. The first-order valence-corrected chi connectivity index (χ1v) is 7.10. The molecule has 0 saturated carbocycles. The highest BCUT2D eigenvalue weighted by atomic mass is 35.5. The Morgan fingerprint density at radius 1 is 1.24 bits per heavy atom. The Balaban J connectivity index is 0.00000161. The van der Waals surface area contributed by atoms with E-state index in [1.165, 1.54) is 12.1 Å². The molecule has 0 aliphatic carbocycles. The summed E-state index contributed by atoms with van der Waals surface area (Å²) in [5.41, 5.74) is 0.111. The molecule has 0 aromatic heterocycles. The van der Waals surface area contributed by atoms with Crippen molar-refractivity contribution < 1.29 is 13.6 Å². The van der Waals surface area contributed by atoms with Gasteiger partial charge in [0.1, 0.15) is 0 Å². The lowest BCUT2D eigenvalue weighted by Gasteiger charge is -2.29. The van der Waals surface area contributed by atoms with Crippen LogP contribution in [0.1, 0.15) is 31.2 Å². The number of piperidine rings is 1. The van der Waals surface area contributed by atoms with E-state index in [1.54, 1.807) is 0 Å². The maximum atomic E-state index is 13.5. The fraction of sp³-hybridized carbons (Fsp3) is 0.533. The molecule has 2 heterocycles. The molecule has 2 atom stereocenters. The lowest BCUT2D eigenvalue weighted by atomic mass is 9.99. The Morgan fingerprint density at radius 2 is 1.90 bits per heavy atom. The molecule has 21 heavy (non-hydrogen) atoms. The van der Waals surface area contributed by atoms with Gasteiger partial charge >= 0.3 is 0 Å². The van der Waals surface area contributed by atoms with E-state index in [-0.39, 0.29) is 36.3 Å². The molecule has 1 aromatic rings.